The molecule has 31 heavy (non-hydrogen) atoms. The number of nitrogens with two attached hydrogens (primary N) is 3. The second-order valence-corrected chi connectivity index (χ2v) is 7.62. The van der Waals surface area contributed by atoms with Gasteiger partial charge in [-0.1, -0.05) is 0 Å². The smallest absolute Gasteiger partial charge is 0.253 e. The van der Waals surface area contributed by atoms with Crippen molar-refractivity contribution >= 4 is 23.1 Å². The van der Waals surface area contributed by atoms with Gasteiger partial charge in [0.25, 0.3) is 5.91 Å². The van der Waals surface area contributed by atoms with Crippen LogP contribution in [-0.4, -0.2) is 53.8 Å². The van der Waals surface area contributed by atoms with E-state index in [1.165, 1.54) is 24.3 Å². The zero-order chi connectivity index (χ0) is 22.4. The van der Waals surface area contributed by atoms with Crippen molar-refractivity contribution < 1.29 is 9.18 Å². The fourth-order valence-electron chi connectivity index (χ4n) is 3.72. The van der Waals surface area contributed by atoms with Crippen LogP contribution in [0.1, 0.15) is 12.8 Å². The number of primary amides is 1. The molecule has 1 amide bonds. The van der Waals surface area contributed by atoms with Crippen molar-refractivity contribution in [1.29, 1.82) is 0 Å². The predicted octanol–water partition coefficient (Wildman–Crippen LogP) is 1.51. The van der Waals surface area contributed by atoms with Crippen LogP contribution in [0, 0.1) is 5.82 Å². The van der Waals surface area contributed by atoms with Crippen LogP contribution in [0.15, 0.2) is 65.6 Å². The fraction of sp³-hybridized carbons (Fsp3) is 0.318. The summed E-state index contributed by atoms with van der Waals surface area (Å²) in [5, 5.41) is 0. The molecule has 0 bridgehead atoms. The fourth-order valence-corrected chi connectivity index (χ4v) is 3.72. The Morgan fingerprint density at radius 1 is 1.26 bits per heavy atom. The average Bonchev–Trinajstić information content (AvgIpc) is 2.79. The summed E-state index contributed by atoms with van der Waals surface area (Å²) < 4.78 is 13.1. The third-order valence-electron chi connectivity index (χ3n) is 5.77. The molecule has 2 aromatic rings. The molecule has 1 aliphatic heterocycles. The van der Waals surface area contributed by atoms with E-state index in [1.54, 1.807) is 12.4 Å². The summed E-state index contributed by atoms with van der Waals surface area (Å²) in [4.78, 5) is 24.7. The SMILES string of the molecule is CN(/C=C(/C(N)=O)C(N)=Nc1ccc(F)cc1)C1(CN)CCN(c2cccnc2)CC1. The van der Waals surface area contributed by atoms with Gasteiger partial charge in [0.2, 0.25) is 0 Å². The highest BCUT2D eigenvalue weighted by molar-refractivity contribution is 6.20. The lowest BCUT2D eigenvalue weighted by molar-refractivity contribution is -0.114. The molecule has 1 aliphatic rings. The molecule has 6 N–H and O–H groups in total. The van der Waals surface area contributed by atoms with Crippen molar-refractivity contribution in [2.75, 3.05) is 31.6 Å². The standard InChI is InChI=1S/C22H28FN7O/c1-29(14-19(21(26)31)20(25)28-17-6-4-16(23)5-7-17)22(15-24)8-11-30(12-9-22)18-3-2-10-27-13-18/h2-7,10,13-14H,8-9,11-12,15,24H2,1H3,(H2,25,28)(H2,26,31)/b19-14+. The van der Waals surface area contributed by atoms with Gasteiger partial charge in [0, 0.05) is 39.1 Å². The van der Waals surface area contributed by atoms with Gasteiger partial charge in [-0.3, -0.25) is 9.78 Å². The number of pyridine rings is 1. The van der Waals surface area contributed by atoms with Gasteiger partial charge in [0.05, 0.1) is 28.7 Å². The zero-order valence-electron chi connectivity index (χ0n) is 17.5. The molecule has 0 spiro atoms. The molecule has 3 rings (SSSR count). The number of hydrogen-bond acceptors (Lipinski definition) is 6. The number of piperidine rings is 1. The van der Waals surface area contributed by atoms with Crippen LogP contribution >= 0.6 is 0 Å². The summed E-state index contributed by atoms with van der Waals surface area (Å²) >= 11 is 0. The molecule has 0 unspecified atom stereocenters. The highest BCUT2D eigenvalue weighted by Crippen LogP contribution is 2.30. The molecule has 9 heteroatoms. The Bertz CT molecular complexity index is 952. The third-order valence-corrected chi connectivity index (χ3v) is 5.77. The number of likely N-dealkylation sites (N-methyl/N-ethyl adjacent to an activating group) is 1. The van der Waals surface area contributed by atoms with Gasteiger partial charge in [-0.2, -0.15) is 0 Å². The van der Waals surface area contributed by atoms with E-state index in [2.05, 4.69) is 14.9 Å². The molecule has 164 valence electrons. The van der Waals surface area contributed by atoms with E-state index in [4.69, 9.17) is 17.2 Å². The number of halogens is 1. The number of aromatic nitrogens is 1. The highest BCUT2D eigenvalue weighted by atomic mass is 19.1. The molecule has 2 heterocycles. The lowest BCUT2D eigenvalue weighted by atomic mass is 9.85. The van der Waals surface area contributed by atoms with Crippen LogP contribution in [0.4, 0.5) is 15.8 Å². The topological polar surface area (TPSA) is 127 Å². The van der Waals surface area contributed by atoms with Crippen molar-refractivity contribution in [1.82, 2.24) is 9.88 Å². The number of benzene rings is 1. The van der Waals surface area contributed by atoms with Gasteiger partial charge < -0.3 is 27.0 Å². The summed E-state index contributed by atoms with van der Waals surface area (Å²) in [6.07, 6.45) is 6.77. The first-order chi connectivity index (χ1) is 14.8. The Labute approximate surface area is 181 Å². The summed E-state index contributed by atoms with van der Waals surface area (Å²) in [5.41, 5.74) is 19.0. The maximum Gasteiger partial charge on any atom is 0.253 e. The van der Waals surface area contributed by atoms with Crippen molar-refractivity contribution in [3.63, 3.8) is 0 Å². The van der Waals surface area contributed by atoms with Crippen LogP contribution in [0.5, 0.6) is 0 Å². The van der Waals surface area contributed by atoms with E-state index in [-0.39, 0.29) is 22.8 Å². The van der Waals surface area contributed by atoms with Crippen LogP contribution in [-0.2, 0) is 4.79 Å². The Morgan fingerprint density at radius 2 is 1.94 bits per heavy atom. The summed E-state index contributed by atoms with van der Waals surface area (Å²) in [5.74, 6) is -1.12. The second kappa shape index (κ2) is 9.57. The highest BCUT2D eigenvalue weighted by Gasteiger charge is 2.36. The van der Waals surface area contributed by atoms with Crippen molar-refractivity contribution in [2.45, 2.75) is 18.4 Å². The number of amidine groups is 1. The van der Waals surface area contributed by atoms with Crippen LogP contribution in [0.2, 0.25) is 0 Å². The number of hydrogen-bond donors (Lipinski definition) is 3. The molecule has 1 aromatic carbocycles. The van der Waals surface area contributed by atoms with Gasteiger partial charge in [-0.15, -0.1) is 0 Å². The normalized spacial score (nSPS) is 16.8. The Balaban J connectivity index is 1.80. The summed E-state index contributed by atoms with van der Waals surface area (Å²) in [6.45, 7) is 2.00. The number of nitrogens with zero attached hydrogens (tertiary/aromatic N) is 4. The molecule has 1 saturated heterocycles. The lowest BCUT2D eigenvalue weighted by Gasteiger charge is -2.47. The molecular weight excluding hydrogens is 397 g/mol. The average molecular weight is 426 g/mol. The van der Waals surface area contributed by atoms with E-state index >= 15 is 0 Å². The minimum Gasteiger partial charge on any atom is -0.383 e. The lowest BCUT2D eigenvalue weighted by Crippen LogP contribution is -2.57. The van der Waals surface area contributed by atoms with Gasteiger partial charge in [0.1, 0.15) is 11.7 Å². The summed E-state index contributed by atoms with van der Waals surface area (Å²) in [7, 11) is 1.86. The first-order valence-electron chi connectivity index (χ1n) is 10.0. The molecule has 0 radical (unpaired) electrons. The molecule has 0 aliphatic carbocycles. The number of amides is 1. The van der Waals surface area contributed by atoms with Crippen LogP contribution in [0.25, 0.3) is 0 Å². The summed E-state index contributed by atoms with van der Waals surface area (Å²) in [6, 6.07) is 9.43. The number of rotatable bonds is 7. The number of carbonyl (C=O) groups excluding carboxylic acids is 1. The minimum absolute atomic E-state index is 0.0362. The monoisotopic (exact) mass is 425 g/mol. The van der Waals surface area contributed by atoms with Crippen molar-refractivity contribution in [3.8, 4) is 0 Å². The van der Waals surface area contributed by atoms with Gasteiger partial charge in [0.15, 0.2) is 0 Å². The van der Waals surface area contributed by atoms with Gasteiger partial charge >= 0.3 is 0 Å². The molecule has 0 atom stereocenters. The maximum absolute atomic E-state index is 13.1. The van der Waals surface area contributed by atoms with E-state index in [0.717, 1.165) is 31.6 Å². The van der Waals surface area contributed by atoms with Crippen LogP contribution in [0.3, 0.4) is 0 Å². The molecule has 1 fully saturated rings. The third kappa shape index (κ3) is 5.18. The van der Waals surface area contributed by atoms with Gasteiger partial charge in [-0.25, -0.2) is 9.38 Å². The van der Waals surface area contributed by atoms with E-state index in [1.807, 2.05) is 30.3 Å². The molecule has 8 nitrogen and oxygen atoms in total. The predicted molar refractivity (Wildman–Crippen MR) is 120 cm³/mol. The second-order valence-electron chi connectivity index (χ2n) is 7.62. The molecule has 1 aromatic heterocycles. The maximum atomic E-state index is 13.1. The number of carbonyl (C=O) groups is 1. The molecular formula is C22H28FN7O. The van der Waals surface area contributed by atoms with Crippen molar-refractivity contribution in [3.05, 3.63) is 66.4 Å². The van der Waals surface area contributed by atoms with Crippen LogP contribution < -0.4 is 22.1 Å². The van der Waals surface area contributed by atoms with Crippen molar-refractivity contribution in [2.24, 2.45) is 22.2 Å². The molecule has 0 saturated carbocycles. The minimum atomic E-state index is -0.699. The quantitative estimate of drug-likeness (QED) is 0.351. The van der Waals surface area contributed by atoms with E-state index in [9.17, 15) is 9.18 Å². The Hall–Kier alpha value is -3.46. The van der Waals surface area contributed by atoms with Gasteiger partial charge in [-0.05, 0) is 49.2 Å². The Morgan fingerprint density at radius 3 is 2.48 bits per heavy atom. The van der Waals surface area contributed by atoms with E-state index in [0.29, 0.717) is 12.2 Å². The Kier molecular flexibility index (Phi) is 6.86. The van der Waals surface area contributed by atoms with E-state index < -0.39 is 5.91 Å². The largest absolute Gasteiger partial charge is 0.383 e. The first kappa shape index (κ1) is 22.2. The number of aliphatic imine (C=N–C) groups is 1. The number of anilines is 1. The zero-order valence-corrected chi connectivity index (χ0v) is 17.5. The first-order valence-corrected chi connectivity index (χ1v) is 10.0.